The zero-order valence-electron chi connectivity index (χ0n) is 14.8. The Morgan fingerprint density at radius 1 is 1.12 bits per heavy atom. The van der Waals surface area contributed by atoms with Crippen molar-refractivity contribution >= 4 is 35.2 Å². The van der Waals surface area contributed by atoms with E-state index in [2.05, 4.69) is 10.6 Å². The summed E-state index contributed by atoms with van der Waals surface area (Å²) in [7, 11) is 0. The normalized spacial score (nSPS) is 12.3. The van der Waals surface area contributed by atoms with Gasteiger partial charge in [0.25, 0.3) is 0 Å². The van der Waals surface area contributed by atoms with Crippen molar-refractivity contribution < 1.29 is 9.59 Å². The third-order valence-electron chi connectivity index (χ3n) is 3.34. The fourth-order valence-corrected chi connectivity index (χ4v) is 3.02. The number of amides is 2. The standard InChI is InChI=1S/C18H27ClN2O2S/c1-12(2)11-16(22)21-17(13(3)4)18(23)20-9-10-24-15-7-5-14(19)6-8-15/h5-8,12-13,17H,9-11H2,1-4H3,(H,20,23)(H,21,22). The lowest BCUT2D eigenvalue weighted by molar-refractivity contribution is -0.130. The summed E-state index contributed by atoms with van der Waals surface area (Å²) in [5.41, 5.74) is 0. The van der Waals surface area contributed by atoms with Crippen LogP contribution in [0.15, 0.2) is 29.2 Å². The Morgan fingerprint density at radius 2 is 1.75 bits per heavy atom. The van der Waals surface area contributed by atoms with Crippen molar-refractivity contribution in [2.24, 2.45) is 11.8 Å². The molecular formula is C18H27ClN2O2S. The molecule has 0 aliphatic heterocycles. The van der Waals surface area contributed by atoms with Crippen LogP contribution in [-0.4, -0.2) is 30.2 Å². The van der Waals surface area contributed by atoms with E-state index < -0.39 is 6.04 Å². The molecular weight excluding hydrogens is 344 g/mol. The van der Waals surface area contributed by atoms with Crippen LogP contribution in [0.3, 0.4) is 0 Å². The first-order valence-electron chi connectivity index (χ1n) is 8.25. The molecule has 0 radical (unpaired) electrons. The highest BCUT2D eigenvalue weighted by Crippen LogP contribution is 2.19. The fourth-order valence-electron chi connectivity index (χ4n) is 2.12. The van der Waals surface area contributed by atoms with Gasteiger partial charge in [-0.2, -0.15) is 0 Å². The van der Waals surface area contributed by atoms with Crippen LogP contribution in [0.5, 0.6) is 0 Å². The van der Waals surface area contributed by atoms with Gasteiger partial charge in [0.2, 0.25) is 11.8 Å². The number of rotatable bonds is 9. The first-order chi connectivity index (χ1) is 11.3. The topological polar surface area (TPSA) is 58.2 Å². The molecule has 6 heteroatoms. The second-order valence-corrected chi connectivity index (χ2v) is 8.09. The maximum Gasteiger partial charge on any atom is 0.242 e. The number of benzene rings is 1. The van der Waals surface area contributed by atoms with Crippen LogP contribution in [0.2, 0.25) is 5.02 Å². The number of halogens is 1. The van der Waals surface area contributed by atoms with Crippen molar-refractivity contribution in [3.63, 3.8) is 0 Å². The molecule has 0 saturated heterocycles. The van der Waals surface area contributed by atoms with E-state index in [0.717, 1.165) is 10.6 Å². The average Bonchev–Trinajstić information content (AvgIpc) is 2.49. The highest BCUT2D eigenvalue weighted by atomic mass is 35.5. The molecule has 0 aromatic heterocycles. The van der Waals surface area contributed by atoms with Gasteiger partial charge in [-0.1, -0.05) is 39.3 Å². The molecule has 2 amide bonds. The quantitative estimate of drug-likeness (QED) is 0.514. The van der Waals surface area contributed by atoms with E-state index in [1.165, 1.54) is 0 Å². The number of carbonyl (C=O) groups excluding carboxylic acids is 2. The molecule has 1 aromatic carbocycles. The van der Waals surface area contributed by atoms with Gasteiger partial charge >= 0.3 is 0 Å². The number of carbonyl (C=O) groups is 2. The second-order valence-electron chi connectivity index (χ2n) is 6.48. The predicted octanol–water partition coefficient (Wildman–Crippen LogP) is 3.74. The Morgan fingerprint density at radius 3 is 2.29 bits per heavy atom. The van der Waals surface area contributed by atoms with E-state index in [4.69, 9.17) is 11.6 Å². The van der Waals surface area contributed by atoms with Crippen LogP contribution in [0.25, 0.3) is 0 Å². The van der Waals surface area contributed by atoms with Crippen molar-refractivity contribution in [2.45, 2.75) is 45.1 Å². The van der Waals surface area contributed by atoms with E-state index in [1.54, 1.807) is 11.8 Å². The number of hydrogen-bond donors (Lipinski definition) is 2. The molecule has 1 aromatic rings. The molecule has 0 aliphatic carbocycles. The number of thioether (sulfide) groups is 1. The van der Waals surface area contributed by atoms with Gasteiger partial charge in [0, 0.05) is 28.6 Å². The van der Waals surface area contributed by atoms with Crippen molar-refractivity contribution in [1.29, 1.82) is 0 Å². The zero-order valence-corrected chi connectivity index (χ0v) is 16.3. The fraction of sp³-hybridized carbons (Fsp3) is 0.556. The minimum Gasteiger partial charge on any atom is -0.353 e. The maximum absolute atomic E-state index is 12.3. The number of hydrogen-bond acceptors (Lipinski definition) is 3. The molecule has 1 rings (SSSR count). The van der Waals surface area contributed by atoms with Crippen LogP contribution in [0.4, 0.5) is 0 Å². The molecule has 0 saturated carbocycles. The van der Waals surface area contributed by atoms with Crippen LogP contribution >= 0.6 is 23.4 Å². The molecule has 0 bridgehead atoms. The van der Waals surface area contributed by atoms with Crippen molar-refractivity contribution in [1.82, 2.24) is 10.6 Å². The van der Waals surface area contributed by atoms with E-state index in [1.807, 2.05) is 52.0 Å². The monoisotopic (exact) mass is 370 g/mol. The third-order valence-corrected chi connectivity index (χ3v) is 4.61. The summed E-state index contributed by atoms with van der Waals surface area (Å²) in [6.07, 6.45) is 0.433. The molecule has 0 heterocycles. The highest BCUT2D eigenvalue weighted by Gasteiger charge is 2.23. The van der Waals surface area contributed by atoms with Gasteiger partial charge in [-0.15, -0.1) is 11.8 Å². The summed E-state index contributed by atoms with van der Waals surface area (Å²) in [5.74, 6) is 0.882. The van der Waals surface area contributed by atoms with Crippen LogP contribution in [0, 0.1) is 11.8 Å². The minimum absolute atomic E-state index is 0.0463. The van der Waals surface area contributed by atoms with E-state index in [-0.39, 0.29) is 23.7 Å². The minimum atomic E-state index is -0.489. The maximum atomic E-state index is 12.3. The Kier molecular flexibility index (Phi) is 9.22. The van der Waals surface area contributed by atoms with Gasteiger partial charge in [-0.05, 0) is 36.1 Å². The van der Waals surface area contributed by atoms with Gasteiger partial charge in [-0.3, -0.25) is 9.59 Å². The molecule has 4 nitrogen and oxygen atoms in total. The number of nitrogens with one attached hydrogen (secondary N) is 2. The second kappa shape index (κ2) is 10.6. The Hall–Kier alpha value is -1.20. The van der Waals surface area contributed by atoms with Crippen molar-refractivity contribution in [3.05, 3.63) is 29.3 Å². The van der Waals surface area contributed by atoms with Gasteiger partial charge < -0.3 is 10.6 Å². The summed E-state index contributed by atoms with van der Waals surface area (Å²) < 4.78 is 0. The average molecular weight is 371 g/mol. The lowest BCUT2D eigenvalue weighted by Gasteiger charge is -2.22. The highest BCUT2D eigenvalue weighted by molar-refractivity contribution is 7.99. The SMILES string of the molecule is CC(C)CC(=O)NC(C(=O)NCCSc1ccc(Cl)cc1)C(C)C. The van der Waals surface area contributed by atoms with Gasteiger partial charge in [-0.25, -0.2) is 0 Å². The summed E-state index contributed by atoms with van der Waals surface area (Å²) >= 11 is 7.50. The molecule has 0 spiro atoms. The molecule has 0 aliphatic rings. The smallest absolute Gasteiger partial charge is 0.242 e. The summed E-state index contributed by atoms with van der Waals surface area (Å²) in [6, 6.07) is 7.12. The van der Waals surface area contributed by atoms with E-state index in [0.29, 0.717) is 18.0 Å². The zero-order chi connectivity index (χ0) is 18.1. The van der Waals surface area contributed by atoms with Crippen LogP contribution in [0.1, 0.15) is 34.1 Å². The summed E-state index contributed by atoms with van der Waals surface area (Å²) in [6.45, 7) is 8.39. The lowest BCUT2D eigenvalue weighted by atomic mass is 10.0. The first kappa shape index (κ1) is 20.8. The van der Waals surface area contributed by atoms with E-state index in [9.17, 15) is 9.59 Å². The first-order valence-corrected chi connectivity index (χ1v) is 9.61. The largest absolute Gasteiger partial charge is 0.353 e. The van der Waals surface area contributed by atoms with Gasteiger partial charge in [0.15, 0.2) is 0 Å². The molecule has 1 atom stereocenters. The van der Waals surface area contributed by atoms with Crippen LogP contribution in [-0.2, 0) is 9.59 Å². The Labute approximate surface area is 154 Å². The lowest BCUT2D eigenvalue weighted by Crippen LogP contribution is -2.50. The van der Waals surface area contributed by atoms with Crippen molar-refractivity contribution in [2.75, 3.05) is 12.3 Å². The summed E-state index contributed by atoms with van der Waals surface area (Å²) in [4.78, 5) is 25.3. The molecule has 0 fully saturated rings. The Balaban J connectivity index is 2.39. The predicted molar refractivity (Wildman–Crippen MR) is 101 cm³/mol. The van der Waals surface area contributed by atoms with E-state index >= 15 is 0 Å². The molecule has 134 valence electrons. The van der Waals surface area contributed by atoms with Gasteiger partial charge in [0.1, 0.15) is 6.04 Å². The summed E-state index contributed by atoms with van der Waals surface area (Å²) in [5, 5.41) is 6.46. The van der Waals surface area contributed by atoms with Crippen molar-refractivity contribution in [3.8, 4) is 0 Å². The van der Waals surface area contributed by atoms with Gasteiger partial charge in [0.05, 0.1) is 0 Å². The molecule has 24 heavy (non-hydrogen) atoms. The molecule has 2 N–H and O–H groups in total. The molecule has 1 unspecified atom stereocenters. The Bertz CT molecular complexity index is 532. The van der Waals surface area contributed by atoms with Crippen LogP contribution < -0.4 is 10.6 Å². The third kappa shape index (κ3) is 8.06.